The summed E-state index contributed by atoms with van der Waals surface area (Å²) in [6.45, 7) is 3.89. The maximum atomic E-state index is 14.8. The number of hydrogen-bond donors (Lipinski definition) is 2. The van der Waals surface area contributed by atoms with Gasteiger partial charge in [-0.3, -0.25) is 0 Å². The summed E-state index contributed by atoms with van der Waals surface area (Å²) in [5.74, 6) is -1.01. The van der Waals surface area contributed by atoms with E-state index in [0.717, 1.165) is 41.5 Å². The van der Waals surface area contributed by atoms with Crippen LogP contribution >= 0.6 is 0 Å². The highest BCUT2D eigenvalue weighted by molar-refractivity contribution is 5.65. The molecule has 0 aliphatic carbocycles. The third-order valence-electron chi connectivity index (χ3n) is 8.01. The third-order valence-corrected chi connectivity index (χ3v) is 8.01. The molecule has 5 rings (SSSR count). The van der Waals surface area contributed by atoms with Crippen molar-refractivity contribution in [3.8, 4) is 11.3 Å². The average Bonchev–Trinajstić information content (AvgIpc) is 3.50. The number of imidazole rings is 1. The predicted octanol–water partition coefficient (Wildman–Crippen LogP) is 5.27. The lowest BCUT2D eigenvalue weighted by molar-refractivity contribution is 0.0000387. The van der Waals surface area contributed by atoms with E-state index in [1.807, 2.05) is 34.9 Å². The molecule has 2 saturated heterocycles. The highest BCUT2D eigenvalue weighted by Crippen LogP contribution is 2.43. The standard InChI is InChI=1S/C29H33F3N4O3/c1-29(9-11-39-12-10-29)26(33-14-20-16-36(28(37)38)17-24(20)32)27-34-25(22-13-21(30)7-8-23(22)31)18-35(27)15-19-5-3-2-4-6-19/h2-8,13,18,20,24,26,33H,9-12,14-17H2,1H3,(H,37,38)/t20?,24?,26-/m0/s1. The zero-order valence-corrected chi connectivity index (χ0v) is 21.8. The molecule has 208 valence electrons. The number of aromatic nitrogens is 2. The second-order valence-corrected chi connectivity index (χ2v) is 10.8. The van der Waals surface area contributed by atoms with Crippen LogP contribution in [0.2, 0.25) is 0 Å². The zero-order chi connectivity index (χ0) is 27.6. The van der Waals surface area contributed by atoms with E-state index < -0.39 is 29.8 Å². The molecule has 3 aromatic rings. The monoisotopic (exact) mass is 542 g/mol. The molecular weight excluding hydrogens is 509 g/mol. The molecule has 2 aliphatic rings. The molecule has 3 atom stereocenters. The predicted molar refractivity (Wildman–Crippen MR) is 140 cm³/mol. The van der Waals surface area contributed by atoms with Crippen molar-refractivity contribution < 1.29 is 27.8 Å². The number of rotatable bonds is 8. The summed E-state index contributed by atoms with van der Waals surface area (Å²) in [5.41, 5.74) is 1.06. The smallest absolute Gasteiger partial charge is 0.407 e. The Labute approximate surface area is 225 Å². The molecule has 2 aliphatic heterocycles. The minimum absolute atomic E-state index is 0.0654. The van der Waals surface area contributed by atoms with Gasteiger partial charge in [-0.15, -0.1) is 0 Å². The Morgan fingerprint density at radius 3 is 2.62 bits per heavy atom. The molecular formula is C29H33F3N4O3. The Balaban J connectivity index is 1.54. The fraction of sp³-hybridized carbons (Fsp3) is 0.448. The topological polar surface area (TPSA) is 79.6 Å². The number of nitrogens with zero attached hydrogens (tertiary/aromatic N) is 3. The first kappa shape index (κ1) is 27.2. The van der Waals surface area contributed by atoms with Crippen LogP contribution in [0.25, 0.3) is 11.3 Å². The van der Waals surface area contributed by atoms with E-state index in [2.05, 4.69) is 12.2 Å². The lowest BCUT2D eigenvalue weighted by Crippen LogP contribution is -2.44. The molecule has 3 heterocycles. The first-order valence-electron chi connectivity index (χ1n) is 13.2. The molecule has 0 spiro atoms. The molecule has 2 unspecified atom stereocenters. The second-order valence-electron chi connectivity index (χ2n) is 10.8. The summed E-state index contributed by atoms with van der Waals surface area (Å²) in [6, 6.07) is 12.7. The van der Waals surface area contributed by atoms with Gasteiger partial charge in [0.25, 0.3) is 0 Å². The third kappa shape index (κ3) is 5.96. The number of nitrogens with one attached hydrogen (secondary N) is 1. The second kappa shape index (κ2) is 11.4. The quantitative estimate of drug-likeness (QED) is 0.405. The van der Waals surface area contributed by atoms with Gasteiger partial charge in [-0.05, 0) is 42.0 Å². The number of amides is 1. The Morgan fingerprint density at radius 2 is 1.92 bits per heavy atom. The largest absolute Gasteiger partial charge is 0.465 e. The number of hydrogen-bond acceptors (Lipinski definition) is 4. The molecule has 2 fully saturated rings. The minimum atomic E-state index is -1.28. The Hall–Kier alpha value is -3.37. The van der Waals surface area contributed by atoms with Crippen LogP contribution in [-0.2, 0) is 11.3 Å². The average molecular weight is 543 g/mol. The molecule has 2 aromatic carbocycles. The SMILES string of the molecule is CC1([C@@H](NCC2CN(C(=O)O)CC2F)c2nc(-c3cc(F)ccc3F)cn2Cc2ccccc2)CCOCC1. The lowest BCUT2D eigenvalue weighted by atomic mass is 9.75. The molecule has 10 heteroatoms. The first-order valence-corrected chi connectivity index (χ1v) is 13.2. The van der Waals surface area contributed by atoms with E-state index >= 15 is 0 Å². The van der Waals surface area contributed by atoms with Crippen molar-refractivity contribution in [3.05, 3.63) is 77.8 Å². The number of alkyl halides is 1. The van der Waals surface area contributed by atoms with E-state index in [4.69, 9.17) is 9.72 Å². The molecule has 0 radical (unpaired) electrons. The van der Waals surface area contributed by atoms with Crippen LogP contribution in [0.3, 0.4) is 0 Å². The summed E-state index contributed by atoms with van der Waals surface area (Å²) >= 11 is 0. The van der Waals surface area contributed by atoms with Gasteiger partial charge < -0.3 is 24.6 Å². The number of halogens is 3. The van der Waals surface area contributed by atoms with Gasteiger partial charge >= 0.3 is 6.09 Å². The van der Waals surface area contributed by atoms with Crippen LogP contribution < -0.4 is 5.32 Å². The van der Waals surface area contributed by atoms with Gasteiger partial charge in [0.2, 0.25) is 0 Å². The van der Waals surface area contributed by atoms with Gasteiger partial charge in [0.15, 0.2) is 0 Å². The Bertz CT molecular complexity index is 1300. The van der Waals surface area contributed by atoms with Gasteiger partial charge in [-0.25, -0.2) is 22.9 Å². The Kier molecular flexibility index (Phi) is 7.95. The number of likely N-dealkylation sites (tertiary alicyclic amines) is 1. The van der Waals surface area contributed by atoms with Crippen molar-refractivity contribution in [3.63, 3.8) is 0 Å². The number of carboxylic acid groups (broad SMARTS) is 1. The van der Waals surface area contributed by atoms with Crippen molar-refractivity contribution in [2.24, 2.45) is 11.3 Å². The molecule has 1 amide bonds. The van der Waals surface area contributed by atoms with E-state index in [-0.39, 0.29) is 36.7 Å². The van der Waals surface area contributed by atoms with Crippen LogP contribution in [0, 0.1) is 23.0 Å². The fourth-order valence-electron chi connectivity index (χ4n) is 5.62. The summed E-state index contributed by atoms with van der Waals surface area (Å²) in [5, 5.41) is 12.9. The number of carbonyl (C=O) groups is 1. The molecule has 2 N–H and O–H groups in total. The lowest BCUT2D eigenvalue weighted by Gasteiger charge is -2.41. The number of benzene rings is 2. The van der Waals surface area contributed by atoms with Gasteiger partial charge in [-0.1, -0.05) is 37.3 Å². The van der Waals surface area contributed by atoms with Crippen LogP contribution in [0.5, 0.6) is 0 Å². The molecule has 39 heavy (non-hydrogen) atoms. The van der Waals surface area contributed by atoms with Crippen molar-refractivity contribution >= 4 is 6.09 Å². The van der Waals surface area contributed by atoms with Gasteiger partial charge in [0.1, 0.15) is 23.6 Å². The molecule has 0 bridgehead atoms. The van der Waals surface area contributed by atoms with Gasteiger partial charge in [0.05, 0.1) is 18.3 Å². The van der Waals surface area contributed by atoms with Crippen LogP contribution in [-0.4, -0.2) is 64.7 Å². The summed E-state index contributed by atoms with van der Waals surface area (Å²) in [6.07, 6.45) is 0.762. The maximum Gasteiger partial charge on any atom is 0.407 e. The zero-order valence-electron chi connectivity index (χ0n) is 21.8. The fourth-order valence-corrected chi connectivity index (χ4v) is 5.62. The summed E-state index contributed by atoms with van der Waals surface area (Å²) < 4.78 is 51.3. The van der Waals surface area contributed by atoms with Crippen molar-refractivity contribution in [1.82, 2.24) is 19.8 Å². The number of ether oxygens (including phenoxy) is 1. The highest BCUT2D eigenvalue weighted by atomic mass is 19.1. The summed E-state index contributed by atoms with van der Waals surface area (Å²) in [7, 11) is 0. The molecule has 1 aromatic heterocycles. The van der Waals surface area contributed by atoms with Crippen molar-refractivity contribution in [2.45, 2.75) is 38.5 Å². The maximum absolute atomic E-state index is 14.8. The first-order chi connectivity index (χ1) is 18.7. The van der Waals surface area contributed by atoms with Gasteiger partial charge in [-0.2, -0.15) is 0 Å². The Morgan fingerprint density at radius 1 is 1.18 bits per heavy atom. The van der Waals surface area contributed by atoms with Crippen molar-refractivity contribution in [2.75, 3.05) is 32.8 Å². The van der Waals surface area contributed by atoms with Crippen molar-refractivity contribution in [1.29, 1.82) is 0 Å². The summed E-state index contributed by atoms with van der Waals surface area (Å²) in [4.78, 5) is 17.4. The van der Waals surface area contributed by atoms with Crippen LogP contribution in [0.4, 0.5) is 18.0 Å². The van der Waals surface area contributed by atoms with Crippen LogP contribution in [0.15, 0.2) is 54.7 Å². The molecule has 7 nitrogen and oxygen atoms in total. The van der Waals surface area contributed by atoms with E-state index in [1.165, 1.54) is 0 Å². The molecule has 0 saturated carbocycles. The van der Waals surface area contributed by atoms with E-state index in [0.29, 0.717) is 31.3 Å². The minimum Gasteiger partial charge on any atom is -0.465 e. The highest BCUT2D eigenvalue weighted by Gasteiger charge is 2.42. The van der Waals surface area contributed by atoms with E-state index in [9.17, 15) is 23.1 Å². The van der Waals surface area contributed by atoms with E-state index in [1.54, 1.807) is 6.20 Å². The normalized spacial score (nSPS) is 21.7. The van der Waals surface area contributed by atoms with Crippen LogP contribution in [0.1, 0.15) is 37.2 Å². The van der Waals surface area contributed by atoms with Gasteiger partial charge in [0, 0.05) is 50.5 Å².